The van der Waals surface area contributed by atoms with Crippen molar-refractivity contribution in [3.63, 3.8) is 0 Å². The molecule has 1 N–H and O–H groups in total. The molecule has 0 aliphatic carbocycles. The lowest BCUT2D eigenvalue weighted by Crippen LogP contribution is -2.48. The number of likely N-dealkylation sites (tertiary alicyclic amines) is 1. The maximum Gasteiger partial charge on any atom is 0.264 e. The van der Waals surface area contributed by atoms with Crippen molar-refractivity contribution in [2.24, 2.45) is 13.0 Å². The molecule has 4 aliphatic rings. The summed E-state index contributed by atoms with van der Waals surface area (Å²) < 4.78 is 38.8. The fourth-order valence-electron chi connectivity index (χ4n) is 8.12. The molecule has 3 aromatic rings. The van der Waals surface area contributed by atoms with Crippen molar-refractivity contribution in [3.8, 4) is 11.1 Å². The number of anilines is 2. The molecule has 2 atom stereocenters. The SMILES string of the molecule is CO[C@@H]1CNCC[C@@H]1CN1CCC(n2nc(N3CCCc4cc(-c5cnn(C)c5)c(C(F)F)cc43)c3c2CCN(C(C)=O)C3)CC1. The van der Waals surface area contributed by atoms with E-state index in [-0.39, 0.29) is 23.6 Å². The molecule has 6 heterocycles. The minimum absolute atomic E-state index is 0.00847. The normalized spacial score (nSPS) is 22.7. The first-order chi connectivity index (χ1) is 22.3. The van der Waals surface area contributed by atoms with Gasteiger partial charge in [-0.1, -0.05) is 0 Å². The Balaban J connectivity index is 1.19. The molecule has 2 fully saturated rings. The number of fused-ring (bicyclic) bond motifs is 2. The van der Waals surface area contributed by atoms with E-state index in [1.54, 1.807) is 37.1 Å². The Kier molecular flexibility index (Phi) is 8.86. The number of hydrogen-bond acceptors (Lipinski definition) is 7. The average molecular weight is 637 g/mol. The van der Waals surface area contributed by atoms with Gasteiger partial charge in [0.1, 0.15) is 0 Å². The van der Waals surface area contributed by atoms with E-state index in [1.165, 1.54) is 5.69 Å². The lowest BCUT2D eigenvalue weighted by atomic mass is 9.92. The second kappa shape index (κ2) is 13.0. The molecule has 46 heavy (non-hydrogen) atoms. The molecular weight excluding hydrogens is 590 g/mol. The summed E-state index contributed by atoms with van der Waals surface area (Å²) in [7, 11) is 3.61. The summed E-state index contributed by atoms with van der Waals surface area (Å²) in [4.78, 5) is 19.1. The van der Waals surface area contributed by atoms with Gasteiger partial charge in [0, 0.05) is 107 Å². The van der Waals surface area contributed by atoms with Crippen LogP contribution in [-0.4, -0.2) is 94.3 Å². The van der Waals surface area contributed by atoms with Crippen molar-refractivity contribution in [1.82, 2.24) is 34.7 Å². The van der Waals surface area contributed by atoms with E-state index in [2.05, 4.69) is 24.9 Å². The number of carbonyl (C=O) groups is 1. The Morgan fingerprint density at radius 2 is 1.96 bits per heavy atom. The van der Waals surface area contributed by atoms with E-state index in [4.69, 9.17) is 9.84 Å². The predicted molar refractivity (Wildman–Crippen MR) is 172 cm³/mol. The number of amides is 1. The first-order valence-electron chi connectivity index (χ1n) is 16.8. The molecule has 12 heteroatoms. The van der Waals surface area contributed by atoms with Gasteiger partial charge in [-0.3, -0.25) is 14.2 Å². The summed E-state index contributed by atoms with van der Waals surface area (Å²) in [6, 6.07) is 3.87. The van der Waals surface area contributed by atoms with Crippen molar-refractivity contribution in [1.29, 1.82) is 0 Å². The Labute approximate surface area is 269 Å². The third-order valence-electron chi connectivity index (χ3n) is 10.6. The predicted octanol–water partition coefficient (Wildman–Crippen LogP) is 4.47. The quantitative estimate of drug-likeness (QED) is 0.410. The van der Waals surface area contributed by atoms with E-state index in [0.717, 1.165) is 93.9 Å². The van der Waals surface area contributed by atoms with Crippen LogP contribution in [0.4, 0.5) is 20.3 Å². The number of ether oxygens (including phenoxy) is 1. The van der Waals surface area contributed by atoms with Crippen LogP contribution in [0, 0.1) is 5.92 Å². The van der Waals surface area contributed by atoms with Gasteiger partial charge in [0.2, 0.25) is 5.91 Å². The third-order valence-corrected chi connectivity index (χ3v) is 10.6. The molecule has 7 rings (SSSR count). The number of nitrogens with one attached hydrogen (secondary N) is 1. The van der Waals surface area contributed by atoms with Gasteiger partial charge >= 0.3 is 0 Å². The van der Waals surface area contributed by atoms with Gasteiger partial charge in [0.05, 0.1) is 24.9 Å². The Morgan fingerprint density at radius 1 is 1.13 bits per heavy atom. The van der Waals surface area contributed by atoms with Crippen LogP contribution < -0.4 is 10.2 Å². The maximum absolute atomic E-state index is 14.6. The number of carbonyl (C=O) groups excluding carboxylic acids is 1. The van der Waals surface area contributed by atoms with E-state index < -0.39 is 6.43 Å². The highest BCUT2D eigenvalue weighted by Gasteiger charge is 2.35. The number of methoxy groups -OCH3 is 1. The molecule has 1 aromatic carbocycles. The molecule has 2 aromatic heterocycles. The van der Waals surface area contributed by atoms with Crippen LogP contribution >= 0.6 is 0 Å². The summed E-state index contributed by atoms with van der Waals surface area (Å²) in [6.07, 6.45) is 6.67. The van der Waals surface area contributed by atoms with E-state index in [9.17, 15) is 13.6 Å². The van der Waals surface area contributed by atoms with Crippen LogP contribution in [0.25, 0.3) is 11.1 Å². The molecule has 0 bridgehead atoms. The van der Waals surface area contributed by atoms with Gasteiger partial charge in [-0.25, -0.2) is 8.78 Å². The second-order valence-electron chi connectivity index (χ2n) is 13.5. The summed E-state index contributed by atoms with van der Waals surface area (Å²) in [5.74, 6) is 1.40. The standard InChI is InChI=1S/C34H46F2N8O2/c1-22(45)42-14-9-30-29(21-42)34(39-44(30)26-7-12-41(13-8-26)20-24-6-10-37-18-32(24)46-3)43-11-4-5-23-15-27(25-17-38-40(2)19-25)28(33(35)36)16-31(23)43/h15-17,19,24,26,32-33,37H,4-14,18,20-21H2,1-3H3/t24-,32-/m1/s1. The zero-order valence-corrected chi connectivity index (χ0v) is 27.2. The zero-order chi connectivity index (χ0) is 31.9. The molecule has 0 radical (unpaired) electrons. The second-order valence-corrected chi connectivity index (χ2v) is 13.5. The summed E-state index contributed by atoms with van der Waals surface area (Å²) in [6.45, 7) is 8.51. The summed E-state index contributed by atoms with van der Waals surface area (Å²) in [5, 5.41) is 13.0. The molecule has 0 spiro atoms. The monoisotopic (exact) mass is 636 g/mol. The zero-order valence-electron chi connectivity index (χ0n) is 27.2. The van der Waals surface area contributed by atoms with Crippen molar-refractivity contribution in [3.05, 3.63) is 46.9 Å². The number of piperidine rings is 2. The van der Waals surface area contributed by atoms with Gasteiger partial charge in [0.15, 0.2) is 5.82 Å². The van der Waals surface area contributed by atoms with Gasteiger partial charge in [0.25, 0.3) is 6.43 Å². The fraction of sp³-hybridized carbons (Fsp3) is 0.618. The molecule has 4 aliphatic heterocycles. The van der Waals surface area contributed by atoms with Crippen LogP contribution in [0.1, 0.15) is 67.5 Å². The Morgan fingerprint density at radius 3 is 2.67 bits per heavy atom. The first-order valence-corrected chi connectivity index (χ1v) is 16.8. The minimum Gasteiger partial charge on any atom is -0.380 e. The lowest BCUT2D eigenvalue weighted by molar-refractivity contribution is -0.129. The molecule has 0 unspecified atom stereocenters. The summed E-state index contributed by atoms with van der Waals surface area (Å²) >= 11 is 0. The van der Waals surface area contributed by atoms with E-state index in [0.29, 0.717) is 36.7 Å². The van der Waals surface area contributed by atoms with Crippen LogP contribution in [0.5, 0.6) is 0 Å². The van der Waals surface area contributed by atoms with Gasteiger partial charge in [-0.15, -0.1) is 0 Å². The fourth-order valence-corrected chi connectivity index (χ4v) is 8.12. The number of rotatable bonds is 7. The van der Waals surface area contributed by atoms with Crippen molar-refractivity contribution in [2.75, 3.05) is 57.8 Å². The Bertz CT molecular complexity index is 1560. The van der Waals surface area contributed by atoms with Gasteiger partial charge in [-0.2, -0.15) is 10.2 Å². The van der Waals surface area contributed by atoms with E-state index >= 15 is 0 Å². The number of alkyl halides is 2. The van der Waals surface area contributed by atoms with Crippen molar-refractivity contribution in [2.45, 2.75) is 70.6 Å². The molecule has 0 saturated carbocycles. The number of hydrogen-bond donors (Lipinski definition) is 1. The number of aryl methyl sites for hydroxylation is 2. The minimum atomic E-state index is -2.63. The summed E-state index contributed by atoms with van der Waals surface area (Å²) in [5.41, 5.74) is 5.33. The third kappa shape index (κ3) is 5.95. The molecule has 10 nitrogen and oxygen atoms in total. The number of benzene rings is 1. The smallest absolute Gasteiger partial charge is 0.264 e. The number of nitrogens with zero attached hydrogens (tertiary/aromatic N) is 7. The highest BCUT2D eigenvalue weighted by molar-refractivity contribution is 5.78. The van der Waals surface area contributed by atoms with Crippen LogP contribution in [0.2, 0.25) is 0 Å². The highest BCUT2D eigenvalue weighted by atomic mass is 19.3. The van der Waals surface area contributed by atoms with Crippen molar-refractivity contribution >= 4 is 17.4 Å². The first kappa shape index (κ1) is 31.3. The van der Waals surface area contributed by atoms with Crippen LogP contribution in [0.3, 0.4) is 0 Å². The highest BCUT2D eigenvalue weighted by Crippen LogP contribution is 2.43. The topological polar surface area (TPSA) is 83.7 Å². The molecule has 1 amide bonds. The lowest BCUT2D eigenvalue weighted by Gasteiger charge is -2.38. The average Bonchev–Trinajstić information content (AvgIpc) is 3.67. The Hall–Kier alpha value is -3.35. The van der Waals surface area contributed by atoms with E-state index in [1.807, 2.05) is 18.1 Å². The maximum atomic E-state index is 14.6. The van der Waals surface area contributed by atoms with Crippen LogP contribution in [0.15, 0.2) is 24.5 Å². The largest absolute Gasteiger partial charge is 0.380 e. The molecular formula is C34H46F2N8O2. The van der Waals surface area contributed by atoms with Crippen LogP contribution in [-0.2, 0) is 36.0 Å². The number of halogens is 2. The van der Waals surface area contributed by atoms with Gasteiger partial charge in [-0.05, 0) is 61.9 Å². The molecule has 248 valence electrons. The molecule has 2 saturated heterocycles. The van der Waals surface area contributed by atoms with Crippen molar-refractivity contribution < 1.29 is 18.3 Å². The van der Waals surface area contributed by atoms with Gasteiger partial charge < -0.3 is 24.8 Å². The number of aromatic nitrogens is 4.